The Morgan fingerprint density at radius 1 is 1.00 bits per heavy atom. The van der Waals surface area contributed by atoms with Gasteiger partial charge in [-0.25, -0.2) is 13.2 Å². The lowest BCUT2D eigenvalue weighted by atomic mass is 10.0. The van der Waals surface area contributed by atoms with Crippen molar-refractivity contribution >= 4 is 5.91 Å². The highest BCUT2D eigenvalue weighted by Gasteiger charge is 2.41. The number of furan rings is 1. The molecule has 4 rings (SSSR count). The van der Waals surface area contributed by atoms with Gasteiger partial charge in [-0.2, -0.15) is 0 Å². The first-order valence-electron chi connectivity index (χ1n) is 8.12. The molecule has 0 bridgehead atoms. The zero-order chi connectivity index (χ0) is 18.3. The molecule has 2 atom stereocenters. The van der Waals surface area contributed by atoms with E-state index in [9.17, 15) is 18.0 Å². The van der Waals surface area contributed by atoms with E-state index < -0.39 is 17.5 Å². The molecule has 1 fully saturated rings. The molecular weight excluding hydrogens is 343 g/mol. The van der Waals surface area contributed by atoms with Crippen molar-refractivity contribution in [1.82, 2.24) is 5.32 Å². The SMILES string of the molecule is O=C(N[C@@H]1C[C@H]1c1ccco1)c1ccc(-c2cc(F)c(F)c(F)c2)cc1. The molecule has 3 nitrogen and oxygen atoms in total. The zero-order valence-corrected chi connectivity index (χ0v) is 13.5. The molecule has 2 aromatic carbocycles. The molecule has 26 heavy (non-hydrogen) atoms. The first-order valence-corrected chi connectivity index (χ1v) is 8.12. The van der Waals surface area contributed by atoms with E-state index in [2.05, 4.69) is 5.32 Å². The molecule has 1 amide bonds. The van der Waals surface area contributed by atoms with Crippen LogP contribution in [0.3, 0.4) is 0 Å². The van der Waals surface area contributed by atoms with Gasteiger partial charge >= 0.3 is 0 Å². The Bertz CT molecular complexity index is 929. The van der Waals surface area contributed by atoms with Crippen molar-refractivity contribution in [2.75, 3.05) is 0 Å². The van der Waals surface area contributed by atoms with Crippen molar-refractivity contribution < 1.29 is 22.4 Å². The minimum absolute atomic E-state index is 0.0358. The van der Waals surface area contributed by atoms with Crippen molar-refractivity contribution in [2.24, 2.45) is 0 Å². The lowest BCUT2D eigenvalue weighted by Crippen LogP contribution is -2.26. The number of nitrogens with one attached hydrogen (secondary N) is 1. The number of carbonyl (C=O) groups excluding carboxylic acids is 1. The van der Waals surface area contributed by atoms with E-state index in [1.54, 1.807) is 30.5 Å². The molecule has 1 aliphatic carbocycles. The average molecular weight is 357 g/mol. The Morgan fingerprint density at radius 2 is 1.69 bits per heavy atom. The summed E-state index contributed by atoms with van der Waals surface area (Å²) in [5.74, 6) is -3.18. The molecule has 0 spiro atoms. The normalized spacial score (nSPS) is 18.6. The topological polar surface area (TPSA) is 42.2 Å². The van der Waals surface area contributed by atoms with Crippen molar-refractivity contribution in [3.63, 3.8) is 0 Å². The number of carbonyl (C=O) groups is 1. The fraction of sp³-hybridized carbons (Fsp3) is 0.150. The van der Waals surface area contributed by atoms with E-state index in [4.69, 9.17) is 4.42 Å². The minimum atomic E-state index is -1.50. The van der Waals surface area contributed by atoms with Crippen LogP contribution in [0.25, 0.3) is 11.1 Å². The highest BCUT2D eigenvalue weighted by Crippen LogP contribution is 2.41. The van der Waals surface area contributed by atoms with Crippen LogP contribution in [0.5, 0.6) is 0 Å². The van der Waals surface area contributed by atoms with Crippen molar-refractivity contribution in [1.29, 1.82) is 0 Å². The number of hydrogen-bond acceptors (Lipinski definition) is 2. The van der Waals surface area contributed by atoms with Crippen LogP contribution in [0, 0.1) is 17.5 Å². The zero-order valence-electron chi connectivity index (χ0n) is 13.5. The number of amides is 1. The molecule has 0 saturated heterocycles. The van der Waals surface area contributed by atoms with Crippen LogP contribution >= 0.6 is 0 Å². The third-order valence-electron chi connectivity index (χ3n) is 4.48. The van der Waals surface area contributed by atoms with Gasteiger partial charge in [-0.1, -0.05) is 12.1 Å². The first kappa shape index (κ1) is 16.4. The van der Waals surface area contributed by atoms with Crippen LogP contribution in [0.2, 0.25) is 0 Å². The van der Waals surface area contributed by atoms with Gasteiger partial charge in [-0.15, -0.1) is 0 Å². The maximum Gasteiger partial charge on any atom is 0.251 e. The van der Waals surface area contributed by atoms with E-state index in [1.165, 1.54) is 0 Å². The maximum atomic E-state index is 13.3. The Balaban J connectivity index is 1.45. The van der Waals surface area contributed by atoms with Gasteiger partial charge in [-0.05, 0) is 53.9 Å². The molecule has 0 unspecified atom stereocenters. The smallest absolute Gasteiger partial charge is 0.251 e. The summed E-state index contributed by atoms with van der Waals surface area (Å²) >= 11 is 0. The van der Waals surface area contributed by atoms with Gasteiger partial charge in [-0.3, -0.25) is 4.79 Å². The Hall–Kier alpha value is -3.02. The number of hydrogen-bond donors (Lipinski definition) is 1. The molecule has 1 aliphatic rings. The van der Waals surface area contributed by atoms with Crippen LogP contribution in [0.15, 0.2) is 59.2 Å². The van der Waals surface area contributed by atoms with Crippen LogP contribution in [0.4, 0.5) is 13.2 Å². The van der Waals surface area contributed by atoms with Crippen LogP contribution in [-0.4, -0.2) is 11.9 Å². The minimum Gasteiger partial charge on any atom is -0.469 e. The van der Waals surface area contributed by atoms with Gasteiger partial charge in [0.1, 0.15) is 5.76 Å². The van der Waals surface area contributed by atoms with Gasteiger partial charge < -0.3 is 9.73 Å². The summed E-state index contributed by atoms with van der Waals surface area (Å²) in [5.41, 5.74) is 1.12. The number of rotatable bonds is 4. The highest BCUT2D eigenvalue weighted by atomic mass is 19.2. The fourth-order valence-corrected chi connectivity index (χ4v) is 2.96. The lowest BCUT2D eigenvalue weighted by molar-refractivity contribution is 0.0950. The molecule has 0 radical (unpaired) electrons. The Kier molecular flexibility index (Phi) is 4.03. The molecule has 1 aromatic heterocycles. The van der Waals surface area contributed by atoms with E-state index >= 15 is 0 Å². The summed E-state index contributed by atoms with van der Waals surface area (Å²) in [6.45, 7) is 0. The lowest BCUT2D eigenvalue weighted by Gasteiger charge is -2.07. The van der Waals surface area contributed by atoms with Crippen LogP contribution in [-0.2, 0) is 0 Å². The molecule has 132 valence electrons. The molecular formula is C20H14F3NO2. The summed E-state index contributed by atoms with van der Waals surface area (Å²) < 4.78 is 45.1. The monoisotopic (exact) mass is 357 g/mol. The summed E-state index contributed by atoms with van der Waals surface area (Å²) in [6, 6.07) is 11.8. The third-order valence-corrected chi connectivity index (χ3v) is 4.48. The molecule has 6 heteroatoms. The molecule has 1 heterocycles. The van der Waals surface area contributed by atoms with Gasteiger partial charge in [0.2, 0.25) is 0 Å². The van der Waals surface area contributed by atoms with Crippen LogP contribution in [0.1, 0.15) is 28.5 Å². The second-order valence-corrected chi connectivity index (χ2v) is 6.27. The quantitative estimate of drug-likeness (QED) is 0.691. The Labute approximate surface area is 147 Å². The average Bonchev–Trinajstić information content (AvgIpc) is 3.18. The summed E-state index contributed by atoms with van der Waals surface area (Å²) in [7, 11) is 0. The van der Waals surface area contributed by atoms with E-state index in [0.29, 0.717) is 11.1 Å². The van der Waals surface area contributed by atoms with Gasteiger partial charge in [0.15, 0.2) is 17.5 Å². The number of benzene rings is 2. The van der Waals surface area contributed by atoms with Crippen molar-refractivity contribution in [3.8, 4) is 11.1 Å². The van der Waals surface area contributed by atoms with E-state index in [-0.39, 0.29) is 23.4 Å². The van der Waals surface area contributed by atoms with E-state index in [0.717, 1.165) is 24.3 Å². The molecule has 0 aliphatic heterocycles. The van der Waals surface area contributed by atoms with Gasteiger partial charge in [0, 0.05) is 17.5 Å². The molecule has 1 N–H and O–H groups in total. The summed E-state index contributed by atoms with van der Waals surface area (Å²) in [5, 5.41) is 2.92. The predicted molar refractivity (Wildman–Crippen MR) is 89.1 cm³/mol. The predicted octanol–water partition coefficient (Wildman–Crippen LogP) is 4.65. The second-order valence-electron chi connectivity index (χ2n) is 6.27. The maximum absolute atomic E-state index is 13.3. The van der Waals surface area contributed by atoms with Gasteiger partial charge in [0.25, 0.3) is 5.91 Å². The van der Waals surface area contributed by atoms with E-state index in [1.807, 2.05) is 12.1 Å². The number of halogens is 3. The second kappa shape index (κ2) is 6.37. The van der Waals surface area contributed by atoms with Crippen molar-refractivity contribution in [3.05, 3.63) is 83.6 Å². The first-order chi connectivity index (χ1) is 12.5. The standard InChI is InChI=1S/C20H14F3NO2/c21-15-8-13(9-16(22)19(15)23)11-3-5-12(6-4-11)20(25)24-17-10-14(17)18-2-1-7-26-18/h1-9,14,17H,10H2,(H,24,25)/t14-,17-/m1/s1. The summed E-state index contributed by atoms with van der Waals surface area (Å²) in [4.78, 5) is 12.3. The van der Waals surface area contributed by atoms with Crippen molar-refractivity contribution in [2.45, 2.75) is 18.4 Å². The Morgan fingerprint density at radius 3 is 2.31 bits per heavy atom. The highest BCUT2D eigenvalue weighted by molar-refractivity contribution is 5.95. The van der Waals surface area contributed by atoms with Gasteiger partial charge in [0.05, 0.1) is 6.26 Å². The van der Waals surface area contributed by atoms with Crippen LogP contribution < -0.4 is 5.32 Å². The third kappa shape index (κ3) is 3.10. The largest absolute Gasteiger partial charge is 0.469 e. The molecule has 1 saturated carbocycles. The molecule has 3 aromatic rings. The summed E-state index contributed by atoms with van der Waals surface area (Å²) in [6.07, 6.45) is 2.43. The fourth-order valence-electron chi connectivity index (χ4n) is 2.96.